The number of thiazole rings is 1. The fourth-order valence-corrected chi connectivity index (χ4v) is 2.67. The van der Waals surface area contributed by atoms with Gasteiger partial charge in [-0.2, -0.15) is 0 Å². The summed E-state index contributed by atoms with van der Waals surface area (Å²) < 4.78 is 0. The van der Waals surface area contributed by atoms with Gasteiger partial charge in [0, 0.05) is 5.38 Å². The third-order valence-corrected chi connectivity index (χ3v) is 3.47. The third kappa shape index (κ3) is 2.90. The number of hydrogen-bond acceptors (Lipinski definition) is 4. The molecule has 0 aliphatic rings. The molecule has 3 nitrogen and oxygen atoms in total. The van der Waals surface area contributed by atoms with Crippen molar-refractivity contribution in [3.63, 3.8) is 0 Å². The van der Waals surface area contributed by atoms with Gasteiger partial charge in [-0.1, -0.05) is 17.7 Å². The minimum absolute atomic E-state index is 0.591. The van der Waals surface area contributed by atoms with Gasteiger partial charge in [0.25, 0.3) is 0 Å². The van der Waals surface area contributed by atoms with Gasteiger partial charge in [-0.3, -0.25) is 0 Å². The Morgan fingerprint density at radius 1 is 1.41 bits per heavy atom. The van der Waals surface area contributed by atoms with Crippen LogP contribution in [0.5, 0.6) is 0 Å². The molecule has 0 spiro atoms. The molecule has 0 atom stereocenters. The van der Waals surface area contributed by atoms with E-state index in [0.29, 0.717) is 11.7 Å². The Morgan fingerprint density at radius 2 is 2.18 bits per heavy atom. The van der Waals surface area contributed by atoms with Gasteiger partial charge in [0.15, 0.2) is 5.13 Å². The molecular formula is C12H14ClN3S. The molecule has 2 rings (SSSR count). The predicted molar refractivity (Wildman–Crippen MR) is 74.8 cm³/mol. The minimum Gasteiger partial charge on any atom is -0.378 e. The van der Waals surface area contributed by atoms with Crippen LogP contribution < -0.4 is 11.1 Å². The van der Waals surface area contributed by atoms with Gasteiger partial charge >= 0.3 is 0 Å². The van der Waals surface area contributed by atoms with Crippen LogP contribution in [-0.2, 0) is 6.54 Å². The molecule has 2 aromatic rings. The summed E-state index contributed by atoms with van der Waals surface area (Å²) in [6.45, 7) is 4.71. The maximum Gasteiger partial charge on any atom is 0.180 e. The lowest BCUT2D eigenvalue weighted by atomic mass is 10.1. The second-order valence-corrected chi connectivity index (χ2v) is 5.27. The van der Waals surface area contributed by atoms with E-state index in [2.05, 4.69) is 16.4 Å². The molecular weight excluding hydrogens is 254 g/mol. The minimum atomic E-state index is 0.591. The van der Waals surface area contributed by atoms with E-state index < -0.39 is 0 Å². The molecule has 0 radical (unpaired) electrons. The summed E-state index contributed by atoms with van der Waals surface area (Å²) in [5.74, 6) is 0. The molecule has 3 N–H and O–H groups in total. The average molecular weight is 268 g/mol. The highest BCUT2D eigenvalue weighted by Crippen LogP contribution is 2.27. The standard InChI is InChI=1S/C12H14ClN3S/c1-7-3-8(2)11(10(13)4-7)15-5-9-6-17-12(14)16-9/h3-4,6,15H,5H2,1-2H3,(H2,14,16). The Labute approximate surface area is 110 Å². The quantitative estimate of drug-likeness (QED) is 0.893. The number of nitrogen functional groups attached to an aromatic ring is 1. The summed E-state index contributed by atoms with van der Waals surface area (Å²) in [5.41, 5.74) is 9.78. The Morgan fingerprint density at radius 3 is 2.76 bits per heavy atom. The average Bonchev–Trinajstić information content (AvgIpc) is 2.62. The zero-order valence-corrected chi connectivity index (χ0v) is 11.3. The highest BCUT2D eigenvalue weighted by Gasteiger charge is 2.06. The Hall–Kier alpha value is -1.26. The van der Waals surface area contributed by atoms with Crippen molar-refractivity contribution in [2.75, 3.05) is 11.1 Å². The lowest BCUT2D eigenvalue weighted by molar-refractivity contribution is 1.07. The van der Waals surface area contributed by atoms with Gasteiger partial charge in [-0.15, -0.1) is 11.3 Å². The van der Waals surface area contributed by atoms with Crippen molar-refractivity contribution in [3.8, 4) is 0 Å². The highest BCUT2D eigenvalue weighted by atomic mass is 35.5. The van der Waals surface area contributed by atoms with E-state index in [4.69, 9.17) is 17.3 Å². The Kier molecular flexibility index (Phi) is 3.54. The number of halogens is 1. The van der Waals surface area contributed by atoms with Gasteiger partial charge in [0.1, 0.15) is 0 Å². The largest absolute Gasteiger partial charge is 0.378 e. The monoisotopic (exact) mass is 267 g/mol. The Bertz CT molecular complexity index is 513. The van der Waals surface area contributed by atoms with E-state index in [9.17, 15) is 0 Å². The van der Waals surface area contributed by atoms with Crippen molar-refractivity contribution in [1.29, 1.82) is 0 Å². The molecule has 90 valence electrons. The first-order valence-corrected chi connectivity index (χ1v) is 6.52. The zero-order chi connectivity index (χ0) is 12.4. The maximum absolute atomic E-state index is 6.20. The fraction of sp³-hybridized carbons (Fsp3) is 0.250. The van der Waals surface area contributed by atoms with Crippen molar-refractivity contribution in [2.45, 2.75) is 20.4 Å². The van der Waals surface area contributed by atoms with Crippen molar-refractivity contribution in [1.82, 2.24) is 4.98 Å². The molecule has 17 heavy (non-hydrogen) atoms. The molecule has 0 saturated carbocycles. The first-order chi connectivity index (χ1) is 8.06. The first kappa shape index (κ1) is 12.2. The number of nitrogens with one attached hydrogen (secondary N) is 1. The third-order valence-electron chi connectivity index (χ3n) is 2.45. The second kappa shape index (κ2) is 4.94. The van der Waals surface area contributed by atoms with Crippen molar-refractivity contribution >= 4 is 33.8 Å². The lowest BCUT2D eigenvalue weighted by Crippen LogP contribution is -2.02. The maximum atomic E-state index is 6.20. The molecule has 0 aliphatic carbocycles. The molecule has 0 unspecified atom stereocenters. The number of benzene rings is 1. The lowest BCUT2D eigenvalue weighted by Gasteiger charge is -2.11. The molecule has 0 aliphatic heterocycles. The van der Waals surface area contributed by atoms with Crippen LogP contribution in [0, 0.1) is 13.8 Å². The number of nitrogens with two attached hydrogens (primary N) is 1. The van der Waals surface area contributed by atoms with Crippen LogP contribution >= 0.6 is 22.9 Å². The number of nitrogens with zero attached hydrogens (tertiary/aromatic N) is 1. The van der Waals surface area contributed by atoms with Crippen LogP contribution in [0.2, 0.25) is 5.02 Å². The molecule has 0 saturated heterocycles. The van der Waals surface area contributed by atoms with Crippen LogP contribution in [0.15, 0.2) is 17.5 Å². The van der Waals surface area contributed by atoms with E-state index >= 15 is 0 Å². The van der Waals surface area contributed by atoms with Gasteiger partial charge in [0.2, 0.25) is 0 Å². The van der Waals surface area contributed by atoms with E-state index in [0.717, 1.165) is 27.5 Å². The van der Waals surface area contributed by atoms with E-state index in [1.54, 1.807) is 0 Å². The number of anilines is 2. The summed E-state index contributed by atoms with van der Waals surface area (Å²) >= 11 is 7.65. The highest BCUT2D eigenvalue weighted by molar-refractivity contribution is 7.13. The molecule has 1 aromatic heterocycles. The summed E-state index contributed by atoms with van der Waals surface area (Å²) in [6, 6.07) is 4.05. The number of aromatic nitrogens is 1. The Balaban J connectivity index is 2.14. The van der Waals surface area contributed by atoms with Gasteiger partial charge < -0.3 is 11.1 Å². The molecule has 5 heteroatoms. The number of rotatable bonds is 3. The van der Waals surface area contributed by atoms with Crippen LogP contribution in [0.25, 0.3) is 0 Å². The normalized spacial score (nSPS) is 10.5. The van der Waals surface area contributed by atoms with Crippen LogP contribution in [0.4, 0.5) is 10.8 Å². The van der Waals surface area contributed by atoms with Gasteiger partial charge in [0.05, 0.1) is 22.9 Å². The van der Waals surface area contributed by atoms with Gasteiger partial charge in [-0.05, 0) is 31.0 Å². The summed E-state index contributed by atoms with van der Waals surface area (Å²) in [5, 5.41) is 6.57. The van der Waals surface area contributed by atoms with Gasteiger partial charge in [-0.25, -0.2) is 4.98 Å². The van der Waals surface area contributed by atoms with Crippen LogP contribution in [0.1, 0.15) is 16.8 Å². The van der Waals surface area contributed by atoms with E-state index in [1.807, 2.05) is 25.3 Å². The predicted octanol–water partition coefficient (Wildman–Crippen LogP) is 3.61. The topological polar surface area (TPSA) is 50.9 Å². The summed E-state index contributed by atoms with van der Waals surface area (Å²) in [7, 11) is 0. The molecule has 0 amide bonds. The van der Waals surface area contributed by atoms with E-state index in [1.165, 1.54) is 11.3 Å². The SMILES string of the molecule is Cc1cc(C)c(NCc2csc(N)n2)c(Cl)c1. The summed E-state index contributed by atoms with van der Waals surface area (Å²) in [4.78, 5) is 4.19. The van der Waals surface area contributed by atoms with Crippen molar-refractivity contribution in [2.24, 2.45) is 0 Å². The van der Waals surface area contributed by atoms with Crippen molar-refractivity contribution in [3.05, 3.63) is 39.4 Å². The van der Waals surface area contributed by atoms with E-state index in [-0.39, 0.29) is 0 Å². The number of hydrogen-bond donors (Lipinski definition) is 2. The van der Waals surface area contributed by atoms with Crippen LogP contribution in [-0.4, -0.2) is 4.98 Å². The smallest absolute Gasteiger partial charge is 0.180 e. The summed E-state index contributed by atoms with van der Waals surface area (Å²) in [6.07, 6.45) is 0. The molecule has 0 bridgehead atoms. The second-order valence-electron chi connectivity index (χ2n) is 3.97. The van der Waals surface area contributed by atoms with Crippen molar-refractivity contribution < 1.29 is 0 Å². The first-order valence-electron chi connectivity index (χ1n) is 5.27. The van der Waals surface area contributed by atoms with Crippen LogP contribution in [0.3, 0.4) is 0 Å². The molecule has 0 fully saturated rings. The molecule has 1 heterocycles. The number of aryl methyl sites for hydroxylation is 2. The zero-order valence-electron chi connectivity index (χ0n) is 9.75. The fourth-order valence-electron chi connectivity index (χ4n) is 1.72. The molecule has 1 aromatic carbocycles.